The Bertz CT molecular complexity index is 776. The number of rotatable bonds is 13. The Kier molecular flexibility index (Phi) is 9.95. The van der Waals surface area contributed by atoms with Gasteiger partial charge in [-0.05, 0) is 13.8 Å². The molecule has 0 unspecified atom stereocenters. The molecular weight excluding hydrogens is 408 g/mol. The smallest absolute Gasteiger partial charge is 0.232 e. The molecule has 3 rings (SSSR count). The van der Waals surface area contributed by atoms with E-state index in [1.54, 1.807) is 7.11 Å². The van der Waals surface area contributed by atoms with Gasteiger partial charge in [0.05, 0.1) is 31.5 Å². The van der Waals surface area contributed by atoms with Gasteiger partial charge in [0.1, 0.15) is 5.69 Å². The van der Waals surface area contributed by atoms with Crippen LogP contribution in [-0.2, 0) is 16.0 Å². The van der Waals surface area contributed by atoms with Gasteiger partial charge < -0.3 is 24.0 Å². The molecule has 1 aromatic heterocycles. The summed E-state index contributed by atoms with van der Waals surface area (Å²) in [5, 5.41) is 15.3. The van der Waals surface area contributed by atoms with Gasteiger partial charge in [-0.25, -0.2) is 0 Å². The van der Waals surface area contributed by atoms with Crippen molar-refractivity contribution < 1.29 is 19.1 Å². The lowest BCUT2D eigenvalue weighted by Crippen LogP contribution is -2.45. The Morgan fingerprint density at radius 3 is 2.53 bits per heavy atom. The molecule has 32 heavy (non-hydrogen) atoms. The predicted octanol–water partition coefficient (Wildman–Crippen LogP) is 2.33. The van der Waals surface area contributed by atoms with Crippen LogP contribution in [0.3, 0.4) is 0 Å². The van der Waals surface area contributed by atoms with Crippen molar-refractivity contribution in [2.24, 2.45) is 0 Å². The summed E-state index contributed by atoms with van der Waals surface area (Å²) in [5.41, 5.74) is 2.94. The molecule has 178 valence electrons. The molecule has 1 aromatic carbocycles. The first-order chi connectivity index (χ1) is 15.7. The zero-order valence-corrected chi connectivity index (χ0v) is 19.7. The fourth-order valence-corrected chi connectivity index (χ4v) is 4.14. The first-order valence-electron chi connectivity index (χ1n) is 11.6. The third-order valence-electron chi connectivity index (χ3n) is 5.90. The van der Waals surface area contributed by atoms with E-state index in [0.717, 1.165) is 62.1 Å². The molecule has 1 saturated heterocycles. The third-order valence-corrected chi connectivity index (χ3v) is 5.90. The maximum Gasteiger partial charge on any atom is 0.232 e. The quantitative estimate of drug-likeness (QED) is 0.503. The van der Waals surface area contributed by atoms with E-state index in [-0.39, 0.29) is 0 Å². The fraction of sp³-hybridized carbons (Fsp3) is 0.625. The van der Waals surface area contributed by atoms with E-state index in [2.05, 4.69) is 45.8 Å². The Hall–Kier alpha value is -1.97. The lowest BCUT2D eigenvalue weighted by atomic mass is 10.1. The Morgan fingerprint density at radius 1 is 1.16 bits per heavy atom. The van der Waals surface area contributed by atoms with Crippen molar-refractivity contribution in [3.63, 3.8) is 0 Å². The van der Waals surface area contributed by atoms with E-state index >= 15 is 0 Å². The van der Waals surface area contributed by atoms with Gasteiger partial charge in [-0.2, -0.15) is 0 Å². The molecule has 1 aliphatic rings. The van der Waals surface area contributed by atoms with E-state index < -0.39 is 6.10 Å². The van der Waals surface area contributed by atoms with Crippen molar-refractivity contribution in [3.05, 3.63) is 35.9 Å². The largest absolute Gasteiger partial charge is 0.390 e. The molecule has 1 fully saturated rings. The number of methoxy groups -OCH3 is 1. The van der Waals surface area contributed by atoms with E-state index in [1.807, 2.05) is 18.2 Å². The van der Waals surface area contributed by atoms with Gasteiger partial charge in [-0.15, -0.1) is 0 Å². The normalized spacial score (nSPS) is 15.9. The molecule has 0 saturated carbocycles. The van der Waals surface area contributed by atoms with Crippen LogP contribution in [0.15, 0.2) is 34.9 Å². The molecule has 0 aliphatic carbocycles. The zero-order chi connectivity index (χ0) is 22.8. The number of β-amino-alcohol motifs (C(OH)–C–C–N with tert-alkyl or cyclic N) is 1. The lowest BCUT2D eigenvalue weighted by Gasteiger charge is -2.31. The van der Waals surface area contributed by atoms with Crippen LogP contribution in [0, 0.1) is 0 Å². The number of aromatic nitrogens is 1. The topological polar surface area (TPSA) is 74.4 Å². The van der Waals surface area contributed by atoms with Gasteiger partial charge in [0, 0.05) is 65.0 Å². The molecule has 2 aromatic rings. The molecule has 8 heteroatoms. The minimum Gasteiger partial charge on any atom is -0.390 e. The van der Waals surface area contributed by atoms with E-state index in [9.17, 15) is 5.11 Å². The second-order valence-corrected chi connectivity index (χ2v) is 8.15. The predicted molar refractivity (Wildman–Crippen MR) is 126 cm³/mol. The molecular formula is C24H38N4O4. The Labute approximate surface area is 191 Å². The molecule has 2 heterocycles. The van der Waals surface area contributed by atoms with Crippen molar-refractivity contribution in [2.45, 2.75) is 26.5 Å². The van der Waals surface area contributed by atoms with Crippen molar-refractivity contribution in [1.29, 1.82) is 0 Å². The zero-order valence-electron chi connectivity index (χ0n) is 19.7. The van der Waals surface area contributed by atoms with Gasteiger partial charge in [0.15, 0.2) is 0 Å². The summed E-state index contributed by atoms with van der Waals surface area (Å²) in [6.07, 6.45) is -0.457. The monoisotopic (exact) mass is 446 g/mol. The van der Waals surface area contributed by atoms with Crippen LogP contribution in [0.2, 0.25) is 0 Å². The fourth-order valence-electron chi connectivity index (χ4n) is 4.14. The van der Waals surface area contributed by atoms with Crippen LogP contribution in [0.5, 0.6) is 0 Å². The molecule has 8 nitrogen and oxygen atoms in total. The molecule has 0 spiro atoms. The Balaban J connectivity index is 1.81. The standard InChI is InChI=1S/C24H38N4O4/c1-4-28(5-2)24-22(23(25-32-24)20-9-7-6-8-10-20)19-27(11-14-30-3)18-21(29)17-26-12-15-31-16-13-26/h6-10,21,29H,4-5,11-19H2,1-3H3/t21-/m1/s1. The summed E-state index contributed by atoms with van der Waals surface area (Å²) in [5.74, 6) is 0.805. The maximum absolute atomic E-state index is 10.8. The van der Waals surface area contributed by atoms with Crippen LogP contribution in [0.1, 0.15) is 19.4 Å². The highest BCUT2D eigenvalue weighted by molar-refractivity contribution is 5.68. The van der Waals surface area contributed by atoms with Gasteiger partial charge in [-0.1, -0.05) is 35.5 Å². The first-order valence-corrected chi connectivity index (χ1v) is 11.6. The van der Waals surface area contributed by atoms with Crippen LogP contribution in [0.25, 0.3) is 11.3 Å². The highest BCUT2D eigenvalue weighted by Crippen LogP contribution is 2.32. The average molecular weight is 447 g/mol. The molecule has 0 radical (unpaired) electrons. The van der Waals surface area contributed by atoms with Crippen molar-refractivity contribution in [2.75, 3.05) is 77.6 Å². The number of aliphatic hydroxyl groups is 1. The van der Waals surface area contributed by atoms with Crippen molar-refractivity contribution in [1.82, 2.24) is 15.0 Å². The summed E-state index contributed by atoms with van der Waals surface area (Å²) >= 11 is 0. The minimum atomic E-state index is -0.457. The molecule has 1 aliphatic heterocycles. The summed E-state index contributed by atoms with van der Waals surface area (Å²) < 4.78 is 16.6. The number of hydrogen-bond donors (Lipinski definition) is 1. The summed E-state index contributed by atoms with van der Waals surface area (Å²) in [6.45, 7) is 12.2. The summed E-state index contributed by atoms with van der Waals surface area (Å²) in [4.78, 5) is 6.69. The lowest BCUT2D eigenvalue weighted by molar-refractivity contribution is 0.00439. The summed E-state index contributed by atoms with van der Waals surface area (Å²) in [6, 6.07) is 10.1. The summed E-state index contributed by atoms with van der Waals surface area (Å²) in [7, 11) is 1.71. The number of aliphatic hydroxyl groups excluding tert-OH is 1. The number of ether oxygens (including phenoxy) is 2. The van der Waals surface area contributed by atoms with Gasteiger partial charge in [0.2, 0.25) is 5.88 Å². The van der Waals surface area contributed by atoms with Crippen LogP contribution >= 0.6 is 0 Å². The second kappa shape index (κ2) is 12.9. The van der Waals surface area contributed by atoms with Crippen LogP contribution in [0.4, 0.5) is 5.88 Å². The van der Waals surface area contributed by atoms with Crippen LogP contribution in [-0.4, -0.2) is 98.9 Å². The van der Waals surface area contributed by atoms with E-state index in [1.165, 1.54) is 0 Å². The number of benzene rings is 1. The molecule has 0 bridgehead atoms. The third kappa shape index (κ3) is 6.76. The highest BCUT2D eigenvalue weighted by atomic mass is 16.5. The number of morpholine rings is 1. The molecule has 0 amide bonds. The molecule has 1 atom stereocenters. The number of anilines is 1. The van der Waals surface area contributed by atoms with E-state index in [0.29, 0.717) is 32.8 Å². The number of nitrogens with zero attached hydrogens (tertiary/aromatic N) is 4. The second-order valence-electron chi connectivity index (χ2n) is 8.15. The van der Waals surface area contributed by atoms with Gasteiger partial charge in [0.25, 0.3) is 0 Å². The SMILES string of the molecule is CCN(CC)c1onc(-c2ccccc2)c1CN(CCOC)C[C@H](O)CN1CCOCC1. The average Bonchev–Trinajstić information content (AvgIpc) is 3.22. The van der Waals surface area contributed by atoms with Gasteiger partial charge >= 0.3 is 0 Å². The minimum absolute atomic E-state index is 0.457. The highest BCUT2D eigenvalue weighted by Gasteiger charge is 2.25. The van der Waals surface area contributed by atoms with Gasteiger partial charge in [-0.3, -0.25) is 9.80 Å². The van der Waals surface area contributed by atoms with Crippen molar-refractivity contribution in [3.8, 4) is 11.3 Å². The first kappa shape index (κ1) is 24.7. The Morgan fingerprint density at radius 2 is 1.88 bits per heavy atom. The molecule has 1 N–H and O–H groups in total. The van der Waals surface area contributed by atoms with E-state index in [4.69, 9.17) is 14.0 Å². The van der Waals surface area contributed by atoms with Crippen molar-refractivity contribution >= 4 is 5.88 Å². The van der Waals surface area contributed by atoms with Crippen LogP contribution < -0.4 is 4.90 Å². The maximum atomic E-state index is 10.8. The number of hydrogen-bond acceptors (Lipinski definition) is 8.